The van der Waals surface area contributed by atoms with Gasteiger partial charge in [0.2, 0.25) is 5.91 Å². The van der Waals surface area contributed by atoms with Crippen LogP contribution in [0.1, 0.15) is 19.3 Å². The van der Waals surface area contributed by atoms with E-state index in [4.69, 9.17) is 9.47 Å². The third kappa shape index (κ3) is 4.52. The highest BCUT2D eigenvalue weighted by Gasteiger charge is 2.22. The Morgan fingerprint density at radius 3 is 2.73 bits per heavy atom. The average molecular weight is 327 g/mol. The van der Waals surface area contributed by atoms with Gasteiger partial charge in [-0.05, 0) is 44.0 Å². The van der Waals surface area contributed by atoms with Gasteiger partial charge in [-0.1, -0.05) is 12.1 Å². The Balaban J connectivity index is 0.00000176. The average Bonchev–Trinajstić information content (AvgIpc) is 2.54. The van der Waals surface area contributed by atoms with Crippen LogP contribution < -0.4 is 20.1 Å². The van der Waals surface area contributed by atoms with Crippen LogP contribution in [0.4, 0.5) is 0 Å². The molecular weight excluding hydrogens is 304 g/mol. The van der Waals surface area contributed by atoms with Gasteiger partial charge < -0.3 is 20.1 Å². The molecule has 122 valence electrons. The number of hydrogen-bond acceptors (Lipinski definition) is 4. The number of halogens is 1. The number of carbonyl (C=O) groups excluding carboxylic acids is 1. The largest absolute Gasteiger partial charge is 0.486 e. The van der Waals surface area contributed by atoms with Gasteiger partial charge in [-0.3, -0.25) is 4.79 Å². The molecular formula is C16H23ClN2O3. The molecule has 5 nitrogen and oxygen atoms in total. The summed E-state index contributed by atoms with van der Waals surface area (Å²) >= 11 is 0. The number of benzene rings is 1. The number of carbonyl (C=O) groups is 1. The molecule has 1 saturated heterocycles. The SMILES string of the molecule is Cl.O=C(CC1CCNCC1)NCC1COc2ccccc2O1. The third-order valence-electron chi connectivity index (χ3n) is 4.03. The van der Waals surface area contributed by atoms with Crippen molar-refractivity contribution in [2.45, 2.75) is 25.4 Å². The Labute approximate surface area is 137 Å². The predicted octanol–water partition coefficient (Wildman–Crippen LogP) is 1.75. The summed E-state index contributed by atoms with van der Waals surface area (Å²) in [6.07, 6.45) is 2.68. The van der Waals surface area contributed by atoms with Gasteiger partial charge >= 0.3 is 0 Å². The minimum Gasteiger partial charge on any atom is -0.486 e. The van der Waals surface area contributed by atoms with Crippen molar-refractivity contribution in [1.82, 2.24) is 10.6 Å². The Morgan fingerprint density at radius 2 is 1.95 bits per heavy atom. The van der Waals surface area contributed by atoms with Gasteiger partial charge in [0.15, 0.2) is 11.5 Å². The zero-order valence-corrected chi connectivity index (χ0v) is 13.4. The summed E-state index contributed by atoms with van der Waals surface area (Å²) in [5, 5.41) is 6.28. The number of fused-ring (bicyclic) bond motifs is 1. The number of piperidine rings is 1. The van der Waals surface area contributed by atoms with Crippen LogP contribution in [-0.2, 0) is 4.79 Å². The minimum atomic E-state index is -0.114. The van der Waals surface area contributed by atoms with E-state index in [1.165, 1.54) is 0 Å². The zero-order valence-electron chi connectivity index (χ0n) is 12.5. The maximum atomic E-state index is 12.0. The number of para-hydroxylation sites is 2. The molecule has 0 saturated carbocycles. The van der Waals surface area contributed by atoms with E-state index in [-0.39, 0.29) is 24.4 Å². The molecule has 1 amide bonds. The van der Waals surface area contributed by atoms with Crippen LogP contribution >= 0.6 is 12.4 Å². The number of hydrogen-bond donors (Lipinski definition) is 2. The molecule has 1 unspecified atom stereocenters. The van der Waals surface area contributed by atoms with Crippen molar-refractivity contribution in [3.63, 3.8) is 0 Å². The van der Waals surface area contributed by atoms with Crippen LogP contribution in [0.2, 0.25) is 0 Å². The van der Waals surface area contributed by atoms with Gasteiger partial charge in [0.05, 0.1) is 6.54 Å². The maximum Gasteiger partial charge on any atom is 0.220 e. The molecule has 0 aliphatic carbocycles. The van der Waals surface area contributed by atoms with Crippen molar-refractivity contribution in [3.8, 4) is 11.5 Å². The van der Waals surface area contributed by atoms with Crippen molar-refractivity contribution < 1.29 is 14.3 Å². The molecule has 0 radical (unpaired) electrons. The van der Waals surface area contributed by atoms with E-state index in [1.807, 2.05) is 24.3 Å². The highest BCUT2D eigenvalue weighted by atomic mass is 35.5. The monoisotopic (exact) mass is 326 g/mol. The molecule has 6 heteroatoms. The van der Waals surface area contributed by atoms with Crippen LogP contribution in [0.5, 0.6) is 11.5 Å². The van der Waals surface area contributed by atoms with Crippen molar-refractivity contribution in [1.29, 1.82) is 0 Å². The first-order valence-corrected chi connectivity index (χ1v) is 7.67. The summed E-state index contributed by atoms with van der Waals surface area (Å²) in [5.41, 5.74) is 0. The van der Waals surface area contributed by atoms with Gasteiger partial charge in [0.25, 0.3) is 0 Å². The second-order valence-corrected chi connectivity index (χ2v) is 5.70. The lowest BCUT2D eigenvalue weighted by atomic mass is 9.94. The van der Waals surface area contributed by atoms with Gasteiger partial charge in [-0.25, -0.2) is 0 Å². The number of amides is 1. The van der Waals surface area contributed by atoms with E-state index < -0.39 is 0 Å². The molecule has 1 atom stereocenters. The van der Waals surface area contributed by atoms with Gasteiger partial charge in [0, 0.05) is 6.42 Å². The third-order valence-corrected chi connectivity index (χ3v) is 4.03. The van der Waals surface area contributed by atoms with E-state index in [0.29, 0.717) is 25.5 Å². The topological polar surface area (TPSA) is 59.6 Å². The normalized spacial score (nSPS) is 20.8. The molecule has 3 rings (SSSR count). The fraction of sp³-hybridized carbons (Fsp3) is 0.562. The van der Waals surface area contributed by atoms with Crippen LogP contribution in [0, 0.1) is 5.92 Å². The molecule has 0 aromatic heterocycles. The first-order valence-electron chi connectivity index (χ1n) is 7.67. The first-order chi connectivity index (χ1) is 10.3. The fourth-order valence-corrected chi connectivity index (χ4v) is 2.81. The molecule has 22 heavy (non-hydrogen) atoms. The summed E-state index contributed by atoms with van der Waals surface area (Å²) in [6.45, 7) is 3.02. The lowest BCUT2D eigenvalue weighted by molar-refractivity contribution is -0.122. The summed E-state index contributed by atoms with van der Waals surface area (Å²) < 4.78 is 11.5. The molecule has 2 N–H and O–H groups in total. The molecule has 1 aromatic carbocycles. The predicted molar refractivity (Wildman–Crippen MR) is 86.8 cm³/mol. The van der Waals surface area contributed by atoms with Gasteiger partial charge in [-0.15, -0.1) is 12.4 Å². The second-order valence-electron chi connectivity index (χ2n) is 5.70. The van der Waals surface area contributed by atoms with E-state index in [1.54, 1.807) is 0 Å². The lowest BCUT2D eigenvalue weighted by Gasteiger charge is -2.27. The smallest absolute Gasteiger partial charge is 0.220 e. The van der Waals surface area contributed by atoms with Gasteiger partial charge in [-0.2, -0.15) is 0 Å². The van der Waals surface area contributed by atoms with E-state index in [2.05, 4.69) is 10.6 Å². The lowest BCUT2D eigenvalue weighted by Crippen LogP contribution is -2.41. The second kappa shape index (κ2) is 8.25. The van der Waals surface area contributed by atoms with E-state index in [9.17, 15) is 4.79 Å². The quantitative estimate of drug-likeness (QED) is 0.885. The summed E-state index contributed by atoms with van der Waals surface area (Å²) in [4.78, 5) is 12.0. The molecule has 1 fully saturated rings. The van der Waals surface area contributed by atoms with Crippen molar-refractivity contribution in [2.24, 2.45) is 5.92 Å². The highest BCUT2D eigenvalue weighted by Crippen LogP contribution is 2.30. The van der Waals surface area contributed by atoms with Crippen molar-refractivity contribution in [2.75, 3.05) is 26.2 Å². The van der Waals surface area contributed by atoms with Crippen molar-refractivity contribution in [3.05, 3.63) is 24.3 Å². The Kier molecular flexibility index (Phi) is 6.34. The molecule has 0 spiro atoms. The Bertz CT molecular complexity index is 492. The van der Waals surface area contributed by atoms with Crippen LogP contribution in [0.3, 0.4) is 0 Å². The zero-order chi connectivity index (χ0) is 14.5. The summed E-state index contributed by atoms with van der Waals surface area (Å²) in [5.74, 6) is 2.15. The molecule has 2 heterocycles. The summed E-state index contributed by atoms with van der Waals surface area (Å²) in [7, 11) is 0. The van der Waals surface area contributed by atoms with E-state index >= 15 is 0 Å². The van der Waals surface area contributed by atoms with Crippen molar-refractivity contribution >= 4 is 18.3 Å². The number of ether oxygens (including phenoxy) is 2. The number of rotatable bonds is 4. The molecule has 0 bridgehead atoms. The standard InChI is InChI=1S/C16H22N2O3.ClH/c19-16(9-12-5-7-17-8-6-12)18-10-13-11-20-14-3-1-2-4-15(14)21-13;/h1-4,12-13,17H,5-11H2,(H,18,19);1H. The Hall–Kier alpha value is -1.46. The van der Waals surface area contributed by atoms with Gasteiger partial charge in [0.1, 0.15) is 12.7 Å². The Morgan fingerprint density at radius 1 is 1.23 bits per heavy atom. The van der Waals surface area contributed by atoms with E-state index in [0.717, 1.165) is 37.4 Å². The molecule has 2 aliphatic rings. The first kappa shape index (κ1) is 16.9. The fourth-order valence-electron chi connectivity index (χ4n) is 2.81. The number of nitrogens with one attached hydrogen (secondary N) is 2. The molecule has 2 aliphatic heterocycles. The maximum absolute atomic E-state index is 12.0. The summed E-state index contributed by atoms with van der Waals surface area (Å²) in [6, 6.07) is 7.61. The van der Waals surface area contributed by atoms with Crippen LogP contribution in [0.15, 0.2) is 24.3 Å². The molecule has 1 aromatic rings. The highest BCUT2D eigenvalue weighted by molar-refractivity contribution is 5.85. The van der Waals surface area contributed by atoms with Crippen LogP contribution in [-0.4, -0.2) is 38.3 Å². The van der Waals surface area contributed by atoms with Crippen LogP contribution in [0.25, 0.3) is 0 Å². The minimum absolute atomic E-state index is 0.